The fraction of sp³-hybridized carbons (Fsp3) is 0.625. The lowest BCUT2D eigenvalue weighted by molar-refractivity contribution is -0.107. The van der Waals surface area contributed by atoms with Crippen LogP contribution in [0.4, 0.5) is 0 Å². The maximum Gasteiger partial charge on any atom is 0.254 e. The summed E-state index contributed by atoms with van der Waals surface area (Å²) >= 11 is 5.17. The first-order valence-electron chi connectivity index (χ1n) is 7.81. The summed E-state index contributed by atoms with van der Waals surface area (Å²) in [5, 5.41) is 3.14. The monoisotopic (exact) mass is 306 g/mol. The van der Waals surface area contributed by atoms with Crippen LogP contribution in [0.3, 0.4) is 0 Å². The number of hydrogen-bond donors (Lipinski definition) is 2. The molecule has 2 aliphatic rings. The first-order valence-corrected chi connectivity index (χ1v) is 8.22. The number of H-pyrrole nitrogens is 1. The van der Waals surface area contributed by atoms with Gasteiger partial charge in [0.2, 0.25) is 0 Å². The van der Waals surface area contributed by atoms with Gasteiger partial charge in [0.25, 0.3) is 5.91 Å². The van der Waals surface area contributed by atoms with Gasteiger partial charge in [-0.25, -0.2) is 0 Å². The summed E-state index contributed by atoms with van der Waals surface area (Å²) < 4.78 is 6.56. The summed E-state index contributed by atoms with van der Waals surface area (Å²) in [6.07, 6.45) is 9.61. The standard InChI is InChI=1S/C16H22N2O2S/c19-14(13-5-4-9-17-15(13)21)18-12-6-10-20-16(11-12)7-2-1-3-8-16/h4-5,9,12H,1-3,6-8,10-11H2,(H,17,21)(H,18,19)/t12-/m0/s1. The molecule has 1 amide bonds. The topological polar surface area (TPSA) is 54.1 Å². The molecule has 4 nitrogen and oxygen atoms in total. The first kappa shape index (κ1) is 14.7. The van der Waals surface area contributed by atoms with E-state index in [0.29, 0.717) is 10.2 Å². The maximum atomic E-state index is 12.4. The van der Waals surface area contributed by atoms with Gasteiger partial charge >= 0.3 is 0 Å². The fourth-order valence-corrected chi connectivity index (χ4v) is 3.79. The molecule has 0 bridgehead atoms. The Morgan fingerprint density at radius 1 is 1.38 bits per heavy atom. The number of carbonyl (C=O) groups excluding carboxylic acids is 1. The quantitative estimate of drug-likeness (QED) is 0.824. The Morgan fingerprint density at radius 2 is 2.19 bits per heavy atom. The number of aromatic nitrogens is 1. The molecule has 1 aliphatic heterocycles. The third-order valence-corrected chi connectivity index (χ3v) is 4.99. The van der Waals surface area contributed by atoms with Crippen molar-refractivity contribution in [2.24, 2.45) is 0 Å². The fourth-order valence-electron chi connectivity index (χ4n) is 3.56. The molecule has 1 aromatic rings. The van der Waals surface area contributed by atoms with Crippen molar-refractivity contribution in [3.05, 3.63) is 28.5 Å². The van der Waals surface area contributed by atoms with Crippen molar-refractivity contribution in [3.8, 4) is 0 Å². The number of nitrogens with one attached hydrogen (secondary N) is 2. The van der Waals surface area contributed by atoms with Crippen LogP contribution in [0.5, 0.6) is 0 Å². The van der Waals surface area contributed by atoms with E-state index in [1.807, 2.05) is 0 Å². The van der Waals surface area contributed by atoms with Gasteiger partial charge in [-0.3, -0.25) is 4.79 Å². The number of pyridine rings is 1. The molecule has 21 heavy (non-hydrogen) atoms. The summed E-state index contributed by atoms with van der Waals surface area (Å²) in [5.41, 5.74) is 0.560. The minimum absolute atomic E-state index is 0.00799. The summed E-state index contributed by atoms with van der Waals surface area (Å²) in [4.78, 5) is 15.3. The van der Waals surface area contributed by atoms with E-state index in [9.17, 15) is 4.79 Å². The molecule has 0 aromatic carbocycles. The number of amides is 1. The zero-order chi connectivity index (χ0) is 14.7. The largest absolute Gasteiger partial charge is 0.375 e. The van der Waals surface area contributed by atoms with Crippen molar-refractivity contribution >= 4 is 18.1 Å². The van der Waals surface area contributed by atoms with Gasteiger partial charge in [0.15, 0.2) is 0 Å². The third-order valence-electron chi connectivity index (χ3n) is 4.66. The smallest absolute Gasteiger partial charge is 0.254 e. The minimum Gasteiger partial charge on any atom is -0.375 e. The predicted molar refractivity (Wildman–Crippen MR) is 83.9 cm³/mol. The van der Waals surface area contributed by atoms with Gasteiger partial charge in [-0.05, 0) is 37.8 Å². The molecule has 1 saturated heterocycles. The molecule has 1 aliphatic carbocycles. The van der Waals surface area contributed by atoms with E-state index in [-0.39, 0.29) is 17.6 Å². The molecule has 1 saturated carbocycles. The van der Waals surface area contributed by atoms with Crippen LogP contribution in [0, 0.1) is 4.64 Å². The lowest BCUT2D eigenvalue weighted by Crippen LogP contribution is -2.49. The Morgan fingerprint density at radius 3 is 2.95 bits per heavy atom. The molecule has 3 rings (SSSR count). The van der Waals surface area contributed by atoms with Crippen molar-refractivity contribution in [2.45, 2.75) is 56.6 Å². The molecular formula is C16H22N2O2S. The van der Waals surface area contributed by atoms with E-state index in [1.54, 1.807) is 18.3 Å². The Kier molecular flexibility index (Phi) is 4.40. The van der Waals surface area contributed by atoms with Crippen LogP contribution in [0.15, 0.2) is 18.3 Å². The molecule has 2 heterocycles. The second kappa shape index (κ2) is 6.28. The normalized spacial score (nSPS) is 24.7. The molecule has 5 heteroatoms. The summed E-state index contributed by atoms with van der Waals surface area (Å²) in [5.74, 6) is -0.0743. The Labute approximate surface area is 130 Å². The van der Waals surface area contributed by atoms with Gasteiger partial charge in [-0.2, -0.15) is 0 Å². The van der Waals surface area contributed by atoms with E-state index in [1.165, 1.54) is 19.3 Å². The molecule has 0 unspecified atom stereocenters. The molecule has 2 fully saturated rings. The average molecular weight is 306 g/mol. The predicted octanol–water partition coefficient (Wildman–Crippen LogP) is 3.36. The molecule has 114 valence electrons. The van der Waals surface area contributed by atoms with Crippen molar-refractivity contribution in [1.29, 1.82) is 0 Å². The van der Waals surface area contributed by atoms with Crippen LogP contribution in [-0.2, 0) is 4.74 Å². The van der Waals surface area contributed by atoms with Gasteiger partial charge in [-0.1, -0.05) is 31.5 Å². The van der Waals surface area contributed by atoms with Crippen LogP contribution in [-0.4, -0.2) is 29.1 Å². The summed E-state index contributed by atoms with van der Waals surface area (Å²) in [6.45, 7) is 0.743. The molecule has 1 aromatic heterocycles. The van der Waals surface area contributed by atoms with E-state index in [4.69, 9.17) is 17.0 Å². The number of carbonyl (C=O) groups is 1. The van der Waals surface area contributed by atoms with Crippen molar-refractivity contribution in [2.75, 3.05) is 6.61 Å². The van der Waals surface area contributed by atoms with Crippen molar-refractivity contribution < 1.29 is 9.53 Å². The number of hydrogen-bond acceptors (Lipinski definition) is 3. The second-order valence-electron chi connectivity index (χ2n) is 6.17. The van der Waals surface area contributed by atoms with Crippen LogP contribution in [0.1, 0.15) is 55.3 Å². The number of ether oxygens (including phenoxy) is 1. The molecule has 2 N–H and O–H groups in total. The number of rotatable bonds is 2. The Hall–Kier alpha value is -1.20. The molecular weight excluding hydrogens is 284 g/mol. The highest BCUT2D eigenvalue weighted by atomic mass is 32.1. The minimum atomic E-state index is -0.0743. The van der Waals surface area contributed by atoms with E-state index >= 15 is 0 Å². The molecule has 1 atom stereocenters. The highest BCUT2D eigenvalue weighted by molar-refractivity contribution is 7.71. The third kappa shape index (κ3) is 3.35. The zero-order valence-electron chi connectivity index (χ0n) is 12.2. The van der Waals surface area contributed by atoms with Gasteiger partial charge in [-0.15, -0.1) is 0 Å². The summed E-state index contributed by atoms with van der Waals surface area (Å²) in [6, 6.07) is 3.76. The lowest BCUT2D eigenvalue weighted by Gasteiger charge is -2.43. The Bertz CT molecular complexity index is 558. The van der Waals surface area contributed by atoms with Gasteiger partial charge in [0.1, 0.15) is 4.64 Å². The van der Waals surface area contributed by atoms with E-state index in [0.717, 1.165) is 32.3 Å². The second-order valence-corrected chi connectivity index (χ2v) is 6.58. The van der Waals surface area contributed by atoms with Crippen LogP contribution < -0.4 is 5.32 Å². The van der Waals surface area contributed by atoms with Crippen molar-refractivity contribution in [1.82, 2.24) is 10.3 Å². The van der Waals surface area contributed by atoms with Crippen LogP contribution >= 0.6 is 12.2 Å². The van der Waals surface area contributed by atoms with Crippen molar-refractivity contribution in [3.63, 3.8) is 0 Å². The highest BCUT2D eigenvalue weighted by Crippen LogP contribution is 2.38. The van der Waals surface area contributed by atoms with Gasteiger partial charge < -0.3 is 15.0 Å². The number of aromatic amines is 1. The van der Waals surface area contributed by atoms with Crippen LogP contribution in [0.2, 0.25) is 0 Å². The average Bonchev–Trinajstić information content (AvgIpc) is 2.48. The van der Waals surface area contributed by atoms with Crippen LogP contribution in [0.25, 0.3) is 0 Å². The first-order chi connectivity index (χ1) is 10.2. The van der Waals surface area contributed by atoms with Gasteiger partial charge in [0.05, 0.1) is 11.2 Å². The summed E-state index contributed by atoms with van der Waals surface area (Å²) in [7, 11) is 0. The zero-order valence-corrected chi connectivity index (χ0v) is 13.0. The van der Waals surface area contributed by atoms with Gasteiger partial charge in [0, 0.05) is 18.8 Å². The molecule has 1 spiro atoms. The van der Waals surface area contributed by atoms with E-state index in [2.05, 4.69) is 10.3 Å². The lowest BCUT2D eigenvalue weighted by atomic mass is 9.78. The Balaban J connectivity index is 1.66. The highest BCUT2D eigenvalue weighted by Gasteiger charge is 2.38. The SMILES string of the molecule is O=C(N[C@H]1CCOC2(CCCCC2)C1)c1ccc[nH]c1=S. The maximum absolute atomic E-state index is 12.4. The van der Waals surface area contributed by atoms with E-state index < -0.39 is 0 Å². The molecule has 0 radical (unpaired) electrons.